The van der Waals surface area contributed by atoms with E-state index in [1.165, 1.54) is 0 Å². The van der Waals surface area contributed by atoms with E-state index in [1.54, 1.807) is 11.3 Å². The Balaban J connectivity index is 2.15. The van der Waals surface area contributed by atoms with Crippen molar-refractivity contribution in [2.45, 2.75) is 13.0 Å². The molecule has 1 amide bonds. The van der Waals surface area contributed by atoms with Crippen LogP contribution < -0.4 is 5.32 Å². The van der Waals surface area contributed by atoms with E-state index < -0.39 is 0 Å². The standard InChI is InChI=1S/C7H8N2O2S/c1-4-3-12-6(8-4)5-2-11-7(10)9-5/h3,5H,2H2,1H3,(H,9,10)/t5-/m1/s1. The van der Waals surface area contributed by atoms with Gasteiger partial charge in [0.25, 0.3) is 0 Å². The van der Waals surface area contributed by atoms with Crippen LogP contribution in [0.25, 0.3) is 0 Å². The van der Waals surface area contributed by atoms with E-state index in [4.69, 9.17) is 4.74 Å². The molecule has 1 aliphatic heterocycles. The maximum atomic E-state index is 10.7. The van der Waals surface area contributed by atoms with E-state index in [2.05, 4.69) is 10.3 Å². The third-order valence-corrected chi connectivity index (χ3v) is 2.68. The number of nitrogens with one attached hydrogen (secondary N) is 1. The van der Waals surface area contributed by atoms with Gasteiger partial charge in [0.15, 0.2) is 0 Å². The zero-order valence-corrected chi connectivity index (χ0v) is 7.35. The molecule has 0 spiro atoms. The first-order valence-corrected chi connectivity index (χ1v) is 4.49. The number of ether oxygens (including phenoxy) is 1. The molecule has 0 bridgehead atoms. The van der Waals surface area contributed by atoms with Crippen LogP contribution >= 0.6 is 11.3 Å². The fraction of sp³-hybridized carbons (Fsp3) is 0.429. The second-order valence-corrected chi connectivity index (χ2v) is 3.51. The van der Waals surface area contributed by atoms with E-state index >= 15 is 0 Å². The smallest absolute Gasteiger partial charge is 0.407 e. The van der Waals surface area contributed by atoms with Gasteiger partial charge in [0.05, 0.1) is 0 Å². The highest BCUT2D eigenvalue weighted by molar-refractivity contribution is 7.09. The van der Waals surface area contributed by atoms with E-state index in [9.17, 15) is 4.79 Å². The highest BCUT2D eigenvalue weighted by Crippen LogP contribution is 2.21. The minimum Gasteiger partial charge on any atom is -0.447 e. The summed E-state index contributed by atoms with van der Waals surface area (Å²) in [5, 5.41) is 5.54. The zero-order valence-electron chi connectivity index (χ0n) is 6.53. The van der Waals surface area contributed by atoms with Gasteiger partial charge in [-0.25, -0.2) is 9.78 Å². The molecule has 12 heavy (non-hydrogen) atoms. The Kier molecular flexibility index (Phi) is 1.73. The van der Waals surface area contributed by atoms with Gasteiger partial charge in [-0.15, -0.1) is 11.3 Å². The number of nitrogens with zero attached hydrogens (tertiary/aromatic N) is 1. The van der Waals surface area contributed by atoms with Gasteiger partial charge in [-0.2, -0.15) is 0 Å². The largest absolute Gasteiger partial charge is 0.447 e. The zero-order chi connectivity index (χ0) is 8.55. The van der Waals surface area contributed by atoms with Crippen molar-refractivity contribution in [1.82, 2.24) is 10.3 Å². The number of carbonyl (C=O) groups is 1. The second-order valence-electron chi connectivity index (χ2n) is 2.62. The number of hydrogen-bond donors (Lipinski definition) is 1. The number of aryl methyl sites for hydroxylation is 1. The van der Waals surface area contributed by atoms with Gasteiger partial charge in [0.1, 0.15) is 17.7 Å². The first-order chi connectivity index (χ1) is 5.75. The van der Waals surface area contributed by atoms with Crippen LogP contribution in [0.2, 0.25) is 0 Å². The van der Waals surface area contributed by atoms with Crippen molar-refractivity contribution in [2.75, 3.05) is 6.61 Å². The molecule has 0 radical (unpaired) electrons. The average molecular weight is 184 g/mol. The number of thiazole rings is 1. The Labute approximate surface area is 73.6 Å². The van der Waals surface area contributed by atoms with Gasteiger partial charge < -0.3 is 10.1 Å². The van der Waals surface area contributed by atoms with Crippen molar-refractivity contribution in [3.8, 4) is 0 Å². The molecular weight excluding hydrogens is 176 g/mol. The highest BCUT2D eigenvalue weighted by atomic mass is 32.1. The molecule has 0 unspecified atom stereocenters. The van der Waals surface area contributed by atoms with Gasteiger partial charge in [0, 0.05) is 11.1 Å². The molecule has 5 heteroatoms. The maximum absolute atomic E-state index is 10.7. The summed E-state index contributed by atoms with van der Waals surface area (Å²) in [6.45, 7) is 2.32. The number of aromatic nitrogens is 1. The molecular formula is C7H8N2O2S. The van der Waals surface area contributed by atoms with E-state index in [0.29, 0.717) is 6.61 Å². The second kappa shape index (κ2) is 2.75. The molecule has 1 aromatic heterocycles. The van der Waals surface area contributed by atoms with Gasteiger partial charge in [0.2, 0.25) is 0 Å². The van der Waals surface area contributed by atoms with Crippen LogP contribution in [0.4, 0.5) is 4.79 Å². The normalized spacial score (nSPS) is 22.1. The van der Waals surface area contributed by atoms with Crippen LogP contribution in [0.3, 0.4) is 0 Å². The molecule has 1 N–H and O–H groups in total. The summed E-state index contributed by atoms with van der Waals surface area (Å²) in [5.74, 6) is 0. The van der Waals surface area contributed by atoms with Crippen LogP contribution in [0.15, 0.2) is 5.38 Å². The average Bonchev–Trinajstić information content (AvgIpc) is 2.58. The minimum absolute atomic E-state index is 0.0452. The van der Waals surface area contributed by atoms with Crippen LogP contribution in [-0.2, 0) is 4.74 Å². The van der Waals surface area contributed by atoms with Crippen LogP contribution in [0, 0.1) is 6.92 Å². The summed E-state index contributed by atoms with van der Waals surface area (Å²) in [6, 6.07) is -0.0452. The Bertz CT molecular complexity index is 310. The van der Waals surface area contributed by atoms with Gasteiger partial charge in [-0.3, -0.25) is 0 Å². The number of hydrogen-bond acceptors (Lipinski definition) is 4. The van der Waals surface area contributed by atoms with Gasteiger partial charge >= 0.3 is 6.09 Å². The molecule has 1 aromatic rings. The lowest BCUT2D eigenvalue weighted by Gasteiger charge is -2.00. The third kappa shape index (κ3) is 1.27. The van der Waals surface area contributed by atoms with E-state index in [-0.39, 0.29) is 12.1 Å². The fourth-order valence-electron chi connectivity index (χ4n) is 1.05. The van der Waals surface area contributed by atoms with Crippen molar-refractivity contribution < 1.29 is 9.53 Å². The lowest BCUT2D eigenvalue weighted by molar-refractivity contribution is 0.177. The number of rotatable bonds is 1. The summed E-state index contributed by atoms with van der Waals surface area (Å²) >= 11 is 1.54. The quantitative estimate of drug-likeness (QED) is 0.714. The highest BCUT2D eigenvalue weighted by Gasteiger charge is 2.25. The number of alkyl carbamates (subject to hydrolysis) is 1. The van der Waals surface area contributed by atoms with E-state index in [1.807, 2.05) is 12.3 Å². The molecule has 2 rings (SSSR count). The Morgan fingerprint density at radius 1 is 1.83 bits per heavy atom. The molecule has 64 valence electrons. The molecule has 1 saturated heterocycles. The Hall–Kier alpha value is -1.10. The van der Waals surface area contributed by atoms with Crippen molar-refractivity contribution in [3.63, 3.8) is 0 Å². The fourth-order valence-corrected chi connectivity index (χ4v) is 1.88. The van der Waals surface area contributed by atoms with Gasteiger partial charge in [-0.05, 0) is 6.92 Å². The van der Waals surface area contributed by atoms with Crippen LogP contribution in [-0.4, -0.2) is 17.7 Å². The summed E-state index contributed by atoms with van der Waals surface area (Å²) < 4.78 is 4.75. The SMILES string of the molecule is Cc1csc([C@H]2COC(=O)N2)n1. The lowest BCUT2D eigenvalue weighted by atomic mass is 10.3. The molecule has 1 atom stereocenters. The molecule has 0 aromatic carbocycles. The first-order valence-electron chi connectivity index (χ1n) is 3.61. The van der Waals surface area contributed by atoms with Gasteiger partial charge in [-0.1, -0.05) is 0 Å². The summed E-state index contributed by atoms with van der Waals surface area (Å²) in [5.41, 5.74) is 0.983. The van der Waals surface area contributed by atoms with Crippen molar-refractivity contribution in [2.24, 2.45) is 0 Å². The molecule has 1 aliphatic rings. The summed E-state index contributed by atoms with van der Waals surface area (Å²) in [7, 11) is 0. The minimum atomic E-state index is -0.354. The summed E-state index contributed by atoms with van der Waals surface area (Å²) in [4.78, 5) is 14.9. The summed E-state index contributed by atoms with van der Waals surface area (Å²) in [6.07, 6.45) is -0.354. The number of amides is 1. The topological polar surface area (TPSA) is 51.2 Å². The molecule has 4 nitrogen and oxygen atoms in total. The molecule has 2 heterocycles. The number of cyclic esters (lactones) is 1. The predicted octanol–water partition coefficient (Wildman–Crippen LogP) is 1.23. The van der Waals surface area contributed by atoms with Crippen molar-refractivity contribution in [1.29, 1.82) is 0 Å². The maximum Gasteiger partial charge on any atom is 0.407 e. The molecule has 1 fully saturated rings. The monoisotopic (exact) mass is 184 g/mol. The third-order valence-electron chi connectivity index (χ3n) is 1.61. The lowest BCUT2D eigenvalue weighted by Crippen LogP contribution is -2.17. The predicted molar refractivity (Wildman–Crippen MR) is 44.1 cm³/mol. The van der Waals surface area contributed by atoms with Crippen molar-refractivity contribution >= 4 is 17.4 Å². The van der Waals surface area contributed by atoms with Crippen molar-refractivity contribution in [3.05, 3.63) is 16.1 Å². The number of carbonyl (C=O) groups excluding carboxylic acids is 1. The van der Waals surface area contributed by atoms with Crippen LogP contribution in [0.5, 0.6) is 0 Å². The van der Waals surface area contributed by atoms with E-state index in [0.717, 1.165) is 10.7 Å². The Morgan fingerprint density at radius 2 is 2.67 bits per heavy atom. The Morgan fingerprint density at radius 3 is 3.17 bits per heavy atom. The molecule has 0 aliphatic carbocycles. The van der Waals surface area contributed by atoms with Crippen LogP contribution in [0.1, 0.15) is 16.7 Å². The molecule has 0 saturated carbocycles. The first kappa shape index (κ1) is 7.54.